The van der Waals surface area contributed by atoms with Gasteiger partial charge in [0, 0.05) is 13.8 Å². The molecule has 6 heteroatoms. The van der Waals surface area contributed by atoms with Gasteiger partial charge in [0.15, 0.2) is 0 Å². The van der Waals surface area contributed by atoms with E-state index in [0.717, 1.165) is 13.8 Å². The maximum Gasteiger partial charge on any atom is 0.264 e. The largest absolute Gasteiger partial charge is 0.273 e. The minimum atomic E-state index is -1.27. The number of nitrogens with zero attached hydrogens (tertiary/aromatic N) is 2. The molecule has 0 aromatic heterocycles. The van der Waals surface area contributed by atoms with E-state index >= 15 is 0 Å². The molecule has 0 radical (unpaired) electrons. The van der Waals surface area contributed by atoms with Gasteiger partial charge in [0.05, 0.1) is 0 Å². The number of carbonyl (C=O) groups is 4. The van der Waals surface area contributed by atoms with Gasteiger partial charge < -0.3 is 0 Å². The quantitative estimate of drug-likeness (QED) is 0.657. The van der Waals surface area contributed by atoms with Crippen LogP contribution >= 0.6 is 0 Å². The summed E-state index contributed by atoms with van der Waals surface area (Å²) in [5, 5.41) is 1.30. The fourth-order valence-corrected chi connectivity index (χ4v) is 2.10. The first-order valence-corrected chi connectivity index (χ1v) is 5.53. The van der Waals surface area contributed by atoms with E-state index in [1.807, 2.05) is 0 Å². The Morgan fingerprint density at radius 1 is 0.941 bits per heavy atom. The summed E-state index contributed by atoms with van der Waals surface area (Å²) in [5.41, 5.74) is -1.27. The van der Waals surface area contributed by atoms with Gasteiger partial charge in [-0.1, -0.05) is 13.8 Å². The highest BCUT2D eigenvalue weighted by molar-refractivity contribution is 6.19. The molecule has 0 unspecified atom stereocenters. The maximum absolute atomic E-state index is 12.1. The molecule has 1 saturated heterocycles. The third-order valence-corrected chi connectivity index (χ3v) is 3.21. The molecule has 17 heavy (non-hydrogen) atoms. The van der Waals surface area contributed by atoms with E-state index in [2.05, 4.69) is 0 Å². The summed E-state index contributed by atoms with van der Waals surface area (Å²) in [4.78, 5) is 47.1. The van der Waals surface area contributed by atoms with E-state index < -0.39 is 29.0 Å². The molecule has 0 atom stereocenters. The van der Waals surface area contributed by atoms with E-state index in [1.165, 1.54) is 0 Å². The minimum absolute atomic E-state index is 0.273. The number of rotatable bonds is 2. The fraction of sp³-hybridized carbons (Fsp3) is 0.636. The van der Waals surface area contributed by atoms with Crippen LogP contribution in [0.4, 0.5) is 0 Å². The lowest BCUT2D eigenvalue weighted by molar-refractivity contribution is -0.168. The molecule has 94 valence electrons. The molecular weight excluding hydrogens is 224 g/mol. The Kier molecular flexibility index (Phi) is 3.35. The lowest BCUT2D eigenvalue weighted by Crippen LogP contribution is -2.46. The third kappa shape index (κ3) is 1.64. The van der Waals surface area contributed by atoms with Crippen molar-refractivity contribution in [3.63, 3.8) is 0 Å². The van der Waals surface area contributed by atoms with Crippen molar-refractivity contribution >= 4 is 23.6 Å². The molecule has 0 aromatic rings. The van der Waals surface area contributed by atoms with Crippen LogP contribution in [-0.2, 0) is 19.2 Å². The molecule has 1 fully saturated rings. The second-order valence-electron chi connectivity index (χ2n) is 4.06. The number of carbonyl (C=O) groups excluding carboxylic acids is 4. The first-order valence-electron chi connectivity index (χ1n) is 5.53. The maximum atomic E-state index is 12.1. The molecule has 1 heterocycles. The summed E-state index contributed by atoms with van der Waals surface area (Å²) < 4.78 is 0. The van der Waals surface area contributed by atoms with Gasteiger partial charge in [0.1, 0.15) is 5.41 Å². The van der Waals surface area contributed by atoms with Crippen LogP contribution in [0.1, 0.15) is 40.5 Å². The second kappa shape index (κ2) is 4.27. The summed E-state index contributed by atoms with van der Waals surface area (Å²) in [7, 11) is 0. The van der Waals surface area contributed by atoms with Crippen LogP contribution in [0.25, 0.3) is 0 Å². The molecule has 0 N–H and O–H groups in total. The van der Waals surface area contributed by atoms with Crippen molar-refractivity contribution in [2.24, 2.45) is 5.41 Å². The predicted molar refractivity (Wildman–Crippen MR) is 58.1 cm³/mol. The minimum Gasteiger partial charge on any atom is -0.273 e. The number of hydrogen-bond donors (Lipinski definition) is 0. The molecule has 1 aliphatic heterocycles. The monoisotopic (exact) mass is 240 g/mol. The van der Waals surface area contributed by atoms with E-state index in [1.54, 1.807) is 13.8 Å². The molecule has 4 amide bonds. The highest BCUT2D eigenvalue weighted by Gasteiger charge is 2.58. The van der Waals surface area contributed by atoms with Crippen molar-refractivity contribution in [1.29, 1.82) is 0 Å². The summed E-state index contributed by atoms with van der Waals surface area (Å²) in [5.74, 6) is -2.45. The lowest BCUT2D eigenvalue weighted by Gasteiger charge is -2.20. The standard InChI is InChI=1S/C11H16N2O4/c1-5-11(6-2)9(16)12(7(3)14)13(8(4)15)10(11)17/h5-6H2,1-4H3. The van der Waals surface area contributed by atoms with Crippen molar-refractivity contribution in [2.45, 2.75) is 40.5 Å². The Balaban J connectivity index is 3.36. The van der Waals surface area contributed by atoms with E-state index in [9.17, 15) is 19.2 Å². The van der Waals surface area contributed by atoms with Crippen LogP contribution in [0.3, 0.4) is 0 Å². The molecule has 0 aliphatic carbocycles. The van der Waals surface area contributed by atoms with Crippen LogP contribution in [0.5, 0.6) is 0 Å². The zero-order chi connectivity index (χ0) is 13.4. The number of amides is 4. The van der Waals surface area contributed by atoms with Gasteiger partial charge in [0.2, 0.25) is 11.8 Å². The van der Waals surface area contributed by atoms with Gasteiger partial charge in [-0.3, -0.25) is 19.2 Å². The Bertz CT molecular complexity index is 364. The number of hydrogen-bond acceptors (Lipinski definition) is 4. The summed E-state index contributed by atoms with van der Waals surface area (Å²) in [6, 6.07) is 0. The molecule has 0 aromatic carbocycles. The summed E-state index contributed by atoms with van der Waals surface area (Å²) >= 11 is 0. The zero-order valence-electron chi connectivity index (χ0n) is 10.4. The Morgan fingerprint density at radius 2 is 1.24 bits per heavy atom. The van der Waals surface area contributed by atoms with Gasteiger partial charge in [0.25, 0.3) is 11.8 Å². The normalized spacial score (nSPS) is 18.8. The summed E-state index contributed by atoms with van der Waals surface area (Å²) in [6.45, 7) is 5.70. The van der Waals surface area contributed by atoms with E-state index in [-0.39, 0.29) is 12.8 Å². The topological polar surface area (TPSA) is 74.8 Å². The Morgan fingerprint density at radius 3 is 1.41 bits per heavy atom. The molecule has 0 spiro atoms. The van der Waals surface area contributed by atoms with Gasteiger partial charge in [-0.15, -0.1) is 0 Å². The lowest BCUT2D eigenvalue weighted by atomic mass is 9.81. The molecule has 1 aliphatic rings. The highest BCUT2D eigenvalue weighted by atomic mass is 16.2. The van der Waals surface area contributed by atoms with Crippen molar-refractivity contribution in [3.8, 4) is 0 Å². The van der Waals surface area contributed by atoms with Crippen molar-refractivity contribution in [2.75, 3.05) is 0 Å². The van der Waals surface area contributed by atoms with Crippen molar-refractivity contribution in [3.05, 3.63) is 0 Å². The van der Waals surface area contributed by atoms with Gasteiger partial charge >= 0.3 is 0 Å². The van der Waals surface area contributed by atoms with E-state index in [0.29, 0.717) is 10.0 Å². The van der Waals surface area contributed by atoms with Crippen LogP contribution in [-0.4, -0.2) is 33.6 Å². The first kappa shape index (κ1) is 13.3. The third-order valence-electron chi connectivity index (χ3n) is 3.21. The average Bonchev–Trinajstić information content (AvgIpc) is 2.48. The number of hydrazine groups is 1. The van der Waals surface area contributed by atoms with Crippen molar-refractivity contribution < 1.29 is 19.2 Å². The SMILES string of the molecule is CCC1(CC)C(=O)N(C(C)=O)N(C(C)=O)C1=O. The summed E-state index contributed by atoms with van der Waals surface area (Å²) in [6.07, 6.45) is 0.545. The van der Waals surface area contributed by atoms with Crippen LogP contribution in [0.15, 0.2) is 0 Å². The average molecular weight is 240 g/mol. The zero-order valence-corrected chi connectivity index (χ0v) is 10.4. The van der Waals surface area contributed by atoms with Crippen molar-refractivity contribution in [1.82, 2.24) is 10.0 Å². The molecule has 6 nitrogen and oxygen atoms in total. The van der Waals surface area contributed by atoms with Gasteiger partial charge in [-0.2, -0.15) is 10.0 Å². The van der Waals surface area contributed by atoms with Crippen LogP contribution < -0.4 is 0 Å². The van der Waals surface area contributed by atoms with Crippen LogP contribution in [0, 0.1) is 5.41 Å². The second-order valence-corrected chi connectivity index (χ2v) is 4.06. The van der Waals surface area contributed by atoms with Gasteiger partial charge in [-0.05, 0) is 12.8 Å². The molecule has 0 bridgehead atoms. The fourth-order valence-electron chi connectivity index (χ4n) is 2.10. The first-order chi connectivity index (χ1) is 7.83. The van der Waals surface area contributed by atoms with Gasteiger partial charge in [-0.25, -0.2) is 0 Å². The highest BCUT2D eigenvalue weighted by Crippen LogP contribution is 2.38. The van der Waals surface area contributed by atoms with Crippen LogP contribution in [0.2, 0.25) is 0 Å². The smallest absolute Gasteiger partial charge is 0.264 e. The number of imide groups is 2. The molecule has 1 rings (SSSR count). The Labute approximate surface area is 99.5 Å². The Hall–Kier alpha value is -1.72. The predicted octanol–water partition coefficient (Wildman–Crippen LogP) is 0.472. The molecular formula is C11H16N2O4. The molecule has 0 saturated carbocycles. The van der Waals surface area contributed by atoms with E-state index in [4.69, 9.17) is 0 Å².